The average Bonchev–Trinajstić information content (AvgIpc) is 2.61. The minimum absolute atomic E-state index is 0.0664. The number of ether oxygens (including phenoxy) is 2. The molecule has 1 heterocycles. The quantitative estimate of drug-likeness (QED) is 0.866. The van der Waals surface area contributed by atoms with E-state index in [0.29, 0.717) is 26.3 Å². The summed E-state index contributed by atoms with van der Waals surface area (Å²) in [5.41, 5.74) is 2.96. The van der Waals surface area contributed by atoms with Crippen LogP contribution in [0.1, 0.15) is 21.5 Å². The normalized spacial score (nSPS) is 17.6. The van der Waals surface area contributed by atoms with E-state index in [9.17, 15) is 4.79 Å². The number of carbonyl (C=O) groups is 1. The van der Waals surface area contributed by atoms with Crippen LogP contribution < -0.4 is 4.74 Å². The summed E-state index contributed by atoms with van der Waals surface area (Å²) >= 11 is 0. The van der Waals surface area contributed by atoms with Crippen molar-refractivity contribution >= 4 is 5.91 Å². The van der Waals surface area contributed by atoms with Gasteiger partial charge in [0.2, 0.25) is 0 Å². The molecule has 0 saturated carbocycles. The molecule has 4 heteroatoms. The fourth-order valence-electron chi connectivity index (χ4n) is 2.81. The number of rotatable bonds is 4. The monoisotopic (exact) mass is 325 g/mol. The van der Waals surface area contributed by atoms with Gasteiger partial charge in [0.15, 0.2) is 0 Å². The van der Waals surface area contributed by atoms with E-state index in [4.69, 9.17) is 9.47 Å². The van der Waals surface area contributed by atoms with E-state index >= 15 is 0 Å². The van der Waals surface area contributed by atoms with E-state index in [-0.39, 0.29) is 12.0 Å². The molecule has 1 aliphatic rings. The molecular formula is C20H23NO3. The van der Waals surface area contributed by atoms with Gasteiger partial charge in [0.25, 0.3) is 5.91 Å². The standard InChI is InChI=1S/C20H23NO3/c1-15-7-9-17(10-8-15)24-14-18-13-21(11-12-23-18)20(22)19-6-4-3-5-16(19)2/h3-10,18H,11-14H2,1-2H3/t18-/m0/s1. The summed E-state index contributed by atoms with van der Waals surface area (Å²) in [6.07, 6.45) is -0.104. The molecule has 1 fully saturated rings. The van der Waals surface area contributed by atoms with Crippen LogP contribution in [0.4, 0.5) is 0 Å². The van der Waals surface area contributed by atoms with Crippen molar-refractivity contribution in [3.05, 3.63) is 65.2 Å². The largest absolute Gasteiger partial charge is 0.491 e. The van der Waals surface area contributed by atoms with E-state index in [2.05, 4.69) is 0 Å². The van der Waals surface area contributed by atoms with Gasteiger partial charge in [-0.1, -0.05) is 35.9 Å². The highest BCUT2D eigenvalue weighted by molar-refractivity contribution is 5.95. The van der Waals surface area contributed by atoms with E-state index in [1.807, 2.05) is 67.3 Å². The Bertz CT molecular complexity index is 696. The molecule has 2 aromatic carbocycles. The number of aryl methyl sites for hydroxylation is 2. The van der Waals surface area contributed by atoms with Crippen molar-refractivity contribution in [1.82, 2.24) is 4.90 Å². The number of hydrogen-bond donors (Lipinski definition) is 0. The molecule has 24 heavy (non-hydrogen) atoms. The zero-order valence-corrected chi connectivity index (χ0v) is 14.2. The SMILES string of the molecule is Cc1ccc(OC[C@@H]2CN(C(=O)c3ccccc3C)CCO2)cc1. The summed E-state index contributed by atoms with van der Waals surface area (Å²) in [5.74, 6) is 0.892. The smallest absolute Gasteiger partial charge is 0.254 e. The number of carbonyl (C=O) groups excluding carboxylic acids is 1. The maximum absolute atomic E-state index is 12.7. The Hall–Kier alpha value is -2.33. The lowest BCUT2D eigenvalue weighted by molar-refractivity contribution is -0.0401. The van der Waals surface area contributed by atoms with Crippen molar-refractivity contribution in [2.24, 2.45) is 0 Å². The van der Waals surface area contributed by atoms with Gasteiger partial charge in [-0.3, -0.25) is 4.79 Å². The Morgan fingerprint density at radius 1 is 1.17 bits per heavy atom. The van der Waals surface area contributed by atoms with Crippen LogP contribution >= 0.6 is 0 Å². The Morgan fingerprint density at radius 2 is 1.92 bits per heavy atom. The third-order valence-corrected chi connectivity index (χ3v) is 4.26. The molecule has 1 amide bonds. The number of nitrogens with zero attached hydrogens (tertiary/aromatic N) is 1. The second-order valence-electron chi connectivity index (χ2n) is 6.18. The van der Waals surface area contributed by atoms with Crippen LogP contribution in [0, 0.1) is 13.8 Å². The van der Waals surface area contributed by atoms with Crippen LogP contribution in [0.25, 0.3) is 0 Å². The Labute approximate surface area is 143 Å². The van der Waals surface area contributed by atoms with Gasteiger partial charge in [-0.25, -0.2) is 0 Å². The Morgan fingerprint density at radius 3 is 2.67 bits per heavy atom. The fourth-order valence-corrected chi connectivity index (χ4v) is 2.81. The third kappa shape index (κ3) is 3.95. The van der Waals surface area contributed by atoms with Crippen molar-refractivity contribution in [2.75, 3.05) is 26.3 Å². The maximum Gasteiger partial charge on any atom is 0.254 e. The molecular weight excluding hydrogens is 302 g/mol. The molecule has 2 aromatic rings. The van der Waals surface area contributed by atoms with E-state index < -0.39 is 0 Å². The summed E-state index contributed by atoms with van der Waals surface area (Å²) in [6.45, 7) is 6.17. The minimum atomic E-state index is -0.104. The molecule has 0 bridgehead atoms. The van der Waals surface area contributed by atoms with Crippen LogP contribution in [0.2, 0.25) is 0 Å². The number of benzene rings is 2. The molecule has 0 aromatic heterocycles. The van der Waals surface area contributed by atoms with Crippen molar-refractivity contribution in [3.8, 4) is 5.75 Å². The van der Waals surface area contributed by atoms with Crippen molar-refractivity contribution in [1.29, 1.82) is 0 Å². The summed E-state index contributed by atoms with van der Waals surface area (Å²) in [7, 11) is 0. The van der Waals surface area contributed by atoms with Gasteiger partial charge >= 0.3 is 0 Å². The zero-order valence-electron chi connectivity index (χ0n) is 14.2. The van der Waals surface area contributed by atoms with Crippen molar-refractivity contribution < 1.29 is 14.3 Å². The average molecular weight is 325 g/mol. The molecule has 0 N–H and O–H groups in total. The van der Waals surface area contributed by atoms with E-state index in [1.165, 1.54) is 5.56 Å². The minimum Gasteiger partial charge on any atom is -0.491 e. The molecule has 0 unspecified atom stereocenters. The predicted molar refractivity (Wildman–Crippen MR) is 93.5 cm³/mol. The first-order valence-electron chi connectivity index (χ1n) is 8.29. The second kappa shape index (κ2) is 7.49. The van der Waals surface area contributed by atoms with Gasteiger partial charge < -0.3 is 14.4 Å². The highest BCUT2D eigenvalue weighted by Crippen LogP contribution is 2.16. The maximum atomic E-state index is 12.7. The highest BCUT2D eigenvalue weighted by Gasteiger charge is 2.26. The van der Waals surface area contributed by atoms with Gasteiger partial charge in [0.1, 0.15) is 18.5 Å². The van der Waals surface area contributed by atoms with Gasteiger partial charge in [-0.05, 0) is 37.6 Å². The Balaban J connectivity index is 1.59. The molecule has 126 valence electrons. The van der Waals surface area contributed by atoms with Crippen LogP contribution in [-0.4, -0.2) is 43.2 Å². The van der Waals surface area contributed by atoms with Gasteiger partial charge in [0, 0.05) is 12.1 Å². The summed E-state index contributed by atoms with van der Waals surface area (Å²) < 4.78 is 11.5. The number of morpholine rings is 1. The van der Waals surface area contributed by atoms with Gasteiger partial charge in [-0.15, -0.1) is 0 Å². The lowest BCUT2D eigenvalue weighted by Gasteiger charge is -2.33. The third-order valence-electron chi connectivity index (χ3n) is 4.26. The van der Waals surface area contributed by atoms with E-state index in [1.54, 1.807) is 0 Å². The summed E-state index contributed by atoms with van der Waals surface area (Å²) in [5, 5.41) is 0. The molecule has 3 rings (SSSR count). The lowest BCUT2D eigenvalue weighted by atomic mass is 10.1. The topological polar surface area (TPSA) is 38.8 Å². The first-order chi connectivity index (χ1) is 11.6. The zero-order chi connectivity index (χ0) is 16.9. The number of hydrogen-bond acceptors (Lipinski definition) is 3. The van der Waals surface area contributed by atoms with E-state index in [0.717, 1.165) is 16.9 Å². The molecule has 0 radical (unpaired) electrons. The van der Waals surface area contributed by atoms with Crippen LogP contribution in [0.3, 0.4) is 0 Å². The van der Waals surface area contributed by atoms with Crippen molar-refractivity contribution in [2.45, 2.75) is 20.0 Å². The molecule has 1 saturated heterocycles. The van der Waals surface area contributed by atoms with Crippen LogP contribution in [0.15, 0.2) is 48.5 Å². The highest BCUT2D eigenvalue weighted by atomic mass is 16.5. The molecule has 4 nitrogen and oxygen atoms in total. The number of amides is 1. The summed E-state index contributed by atoms with van der Waals surface area (Å²) in [6, 6.07) is 15.6. The van der Waals surface area contributed by atoms with Gasteiger partial charge in [-0.2, -0.15) is 0 Å². The second-order valence-corrected chi connectivity index (χ2v) is 6.18. The first kappa shape index (κ1) is 16.5. The van der Waals surface area contributed by atoms with Crippen LogP contribution in [0.5, 0.6) is 5.75 Å². The Kier molecular flexibility index (Phi) is 5.16. The molecule has 1 aliphatic heterocycles. The predicted octanol–water partition coefficient (Wildman–Crippen LogP) is 3.22. The van der Waals surface area contributed by atoms with Crippen molar-refractivity contribution in [3.63, 3.8) is 0 Å². The summed E-state index contributed by atoms with van der Waals surface area (Å²) in [4.78, 5) is 14.6. The lowest BCUT2D eigenvalue weighted by Crippen LogP contribution is -2.47. The van der Waals surface area contributed by atoms with Gasteiger partial charge in [0.05, 0.1) is 13.2 Å². The van der Waals surface area contributed by atoms with Crippen LogP contribution in [-0.2, 0) is 4.74 Å². The molecule has 1 atom stereocenters. The fraction of sp³-hybridized carbons (Fsp3) is 0.350. The first-order valence-corrected chi connectivity index (χ1v) is 8.29. The molecule has 0 spiro atoms. The molecule has 0 aliphatic carbocycles.